The van der Waals surface area contributed by atoms with Gasteiger partial charge in [-0.1, -0.05) is 0 Å². The second-order valence-electron chi connectivity index (χ2n) is 3.30. The predicted molar refractivity (Wildman–Crippen MR) is 57.6 cm³/mol. The van der Waals surface area contributed by atoms with Gasteiger partial charge in [-0.3, -0.25) is 5.41 Å². The Morgan fingerprint density at radius 3 is 2.56 bits per heavy atom. The molecule has 1 rings (SSSR count). The summed E-state index contributed by atoms with van der Waals surface area (Å²) in [6.07, 6.45) is -4.57. The Balaban J connectivity index is 3.04. The molecule has 0 aliphatic carbocycles. The lowest BCUT2D eigenvalue weighted by atomic mass is 10.2. The molecule has 0 spiro atoms. The minimum absolute atomic E-state index is 0.0131. The highest BCUT2D eigenvalue weighted by Crippen LogP contribution is 2.30. The van der Waals surface area contributed by atoms with Crippen molar-refractivity contribution in [1.82, 2.24) is 4.98 Å². The van der Waals surface area contributed by atoms with E-state index in [9.17, 15) is 13.2 Å². The van der Waals surface area contributed by atoms with Gasteiger partial charge >= 0.3 is 6.18 Å². The SMILES string of the molecule is COCCOc1nc(C(F)(F)F)ccc1C(=N)N. The number of halogens is 3. The Kier molecular flexibility index (Phi) is 4.49. The number of nitrogen functional groups attached to an aromatic ring is 1. The van der Waals surface area contributed by atoms with E-state index in [-0.39, 0.29) is 24.7 Å². The maximum absolute atomic E-state index is 12.5. The van der Waals surface area contributed by atoms with Crippen molar-refractivity contribution >= 4 is 5.84 Å². The number of rotatable bonds is 5. The van der Waals surface area contributed by atoms with Crippen molar-refractivity contribution in [3.63, 3.8) is 0 Å². The van der Waals surface area contributed by atoms with Crippen molar-refractivity contribution in [2.45, 2.75) is 6.18 Å². The smallest absolute Gasteiger partial charge is 0.433 e. The first-order valence-electron chi connectivity index (χ1n) is 4.90. The number of hydrogen-bond donors (Lipinski definition) is 2. The van der Waals surface area contributed by atoms with Crippen LogP contribution in [0.25, 0.3) is 0 Å². The van der Waals surface area contributed by atoms with Crippen LogP contribution in [0.4, 0.5) is 13.2 Å². The number of methoxy groups -OCH3 is 1. The van der Waals surface area contributed by atoms with Crippen molar-refractivity contribution in [2.24, 2.45) is 5.73 Å². The summed E-state index contributed by atoms with van der Waals surface area (Å²) in [4.78, 5) is 3.31. The number of hydrogen-bond acceptors (Lipinski definition) is 4. The summed E-state index contributed by atoms with van der Waals surface area (Å²) in [6, 6.07) is 1.81. The number of nitrogens with zero attached hydrogens (tertiary/aromatic N) is 1. The lowest BCUT2D eigenvalue weighted by Gasteiger charge is -2.12. The van der Waals surface area contributed by atoms with E-state index < -0.39 is 17.7 Å². The van der Waals surface area contributed by atoms with Crippen molar-refractivity contribution in [3.05, 3.63) is 23.4 Å². The third kappa shape index (κ3) is 3.59. The number of ether oxygens (including phenoxy) is 2. The van der Waals surface area contributed by atoms with Crippen LogP contribution in [-0.2, 0) is 10.9 Å². The molecule has 0 saturated heterocycles. The number of alkyl halides is 3. The second kappa shape index (κ2) is 5.67. The molecule has 18 heavy (non-hydrogen) atoms. The number of pyridine rings is 1. The van der Waals surface area contributed by atoms with E-state index in [1.807, 2.05) is 0 Å². The molecule has 8 heteroatoms. The molecule has 1 aromatic heterocycles. The Labute approximate surface area is 101 Å². The summed E-state index contributed by atoms with van der Waals surface area (Å²) in [5.74, 6) is -0.738. The molecule has 0 radical (unpaired) electrons. The van der Waals surface area contributed by atoms with Crippen LogP contribution in [-0.4, -0.2) is 31.1 Å². The zero-order chi connectivity index (χ0) is 13.8. The van der Waals surface area contributed by atoms with E-state index in [4.69, 9.17) is 20.6 Å². The van der Waals surface area contributed by atoms with Gasteiger partial charge in [-0.15, -0.1) is 0 Å². The predicted octanol–water partition coefficient (Wildman–Crippen LogP) is 1.41. The molecule has 1 aromatic rings. The van der Waals surface area contributed by atoms with Gasteiger partial charge < -0.3 is 15.2 Å². The maximum Gasteiger partial charge on any atom is 0.433 e. The number of nitrogens with two attached hydrogens (primary N) is 1. The monoisotopic (exact) mass is 263 g/mol. The highest BCUT2D eigenvalue weighted by Gasteiger charge is 2.33. The van der Waals surface area contributed by atoms with Crippen LogP contribution < -0.4 is 10.5 Å². The molecule has 0 bridgehead atoms. The molecular weight excluding hydrogens is 251 g/mol. The van der Waals surface area contributed by atoms with Gasteiger partial charge in [0.25, 0.3) is 0 Å². The van der Waals surface area contributed by atoms with Gasteiger partial charge in [0.05, 0.1) is 12.2 Å². The topological polar surface area (TPSA) is 81.2 Å². The first kappa shape index (κ1) is 14.2. The minimum atomic E-state index is -4.57. The van der Waals surface area contributed by atoms with Crippen LogP contribution in [0, 0.1) is 5.41 Å². The van der Waals surface area contributed by atoms with E-state index in [0.717, 1.165) is 12.1 Å². The normalized spacial score (nSPS) is 11.3. The van der Waals surface area contributed by atoms with E-state index >= 15 is 0 Å². The van der Waals surface area contributed by atoms with Crippen LogP contribution >= 0.6 is 0 Å². The molecule has 3 N–H and O–H groups in total. The first-order chi connectivity index (χ1) is 8.36. The van der Waals surface area contributed by atoms with Gasteiger partial charge in [0.1, 0.15) is 18.1 Å². The van der Waals surface area contributed by atoms with Crippen LogP contribution in [0.3, 0.4) is 0 Å². The second-order valence-corrected chi connectivity index (χ2v) is 3.30. The summed E-state index contributed by atoms with van der Waals surface area (Å²) < 4.78 is 47.1. The standard InChI is InChI=1S/C10H12F3N3O2/c1-17-4-5-18-9-6(8(14)15)2-3-7(16-9)10(11,12)13/h2-3H,4-5H2,1H3,(H3,14,15). The molecule has 0 unspecified atom stereocenters. The molecule has 0 saturated carbocycles. The van der Waals surface area contributed by atoms with Gasteiger partial charge in [-0.2, -0.15) is 13.2 Å². The van der Waals surface area contributed by atoms with Gasteiger partial charge in [-0.05, 0) is 12.1 Å². The molecule has 0 fully saturated rings. The van der Waals surface area contributed by atoms with E-state index in [0.29, 0.717) is 0 Å². The third-order valence-corrected chi connectivity index (χ3v) is 1.97. The molecule has 0 aliphatic heterocycles. The highest BCUT2D eigenvalue weighted by molar-refractivity contribution is 5.97. The molecule has 1 heterocycles. The Hall–Kier alpha value is -1.83. The number of nitrogens with one attached hydrogen (secondary N) is 1. The third-order valence-electron chi connectivity index (χ3n) is 1.97. The Morgan fingerprint density at radius 1 is 1.39 bits per heavy atom. The lowest BCUT2D eigenvalue weighted by Crippen LogP contribution is -2.18. The van der Waals surface area contributed by atoms with Crippen molar-refractivity contribution in [3.8, 4) is 5.88 Å². The zero-order valence-electron chi connectivity index (χ0n) is 9.54. The largest absolute Gasteiger partial charge is 0.475 e. The number of aromatic nitrogens is 1. The summed E-state index contributed by atoms with van der Waals surface area (Å²) in [5.41, 5.74) is 4.14. The Morgan fingerprint density at radius 2 is 2.06 bits per heavy atom. The maximum atomic E-state index is 12.5. The van der Waals surface area contributed by atoms with E-state index in [1.165, 1.54) is 7.11 Å². The van der Waals surface area contributed by atoms with Crippen LogP contribution in [0.15, 0.2) is 12.1 Å². The lowest BCUT2D eigenvalue weighted by molar-refractivity contribution is -0.141. The van der Waals surface area contributed by atoms with E-state index in [1.54, 1.807) is 0 Å². The molecule has 5 nitrogen and oxygen atoms in total. The van der Waals surface area contributed by atoms with Crippen LogP contribution in [0.2, 0.25) is 0 Å². The van der Waals surface area contributed by atoms with Crippen molar-refractivity contribution < 1.29 is 22.6 Å². The molecule has 0 amide bonds. The molecule has 100 valence electrons. The fourth-order valence-corrected chi connectivity index (χ4v) is 1.14. The number of amidine groups is 1. The fraction of sp³-hybridized carbons (Fsp3) is 0.400. The summed E-state index contributed by atoms with van der Waals surface area (Å²) in [6.45, 7) is 0.209. The minimum Gasteiger partial charge on any atom is -0.475 e. The average Bonchev–Trinajstić information content (AvgIpc) is 2.27. The van der Waals surface area contributed by atoms with E-state index in [2.05, 4.69) is 4.98 Å². The quantitative estimate of drug-likeness (QED) is 0.478. The van der Waals surface area contributed by atoms with Crippen molar-refractivity contribution in [1.29, 1.82) is 5.41 Å². The summed E-state index contributed by atoms with van der Waals surface area (Å²) in [7, 11) is 1.43. The zero-order valence-corrected chi connectivity index (χ0v) is 9.54. The van der Waals surface area contributed by atoms with Crippen LogP contribution in [0.5, 0.6) is 5.88 Å². The average molecular weight is 263 g/mol. The first-order valence-corrected chi connectivity index (χ1v) is 4.90. The Bertz CT molecular complexity index is 435. The molecule has 0 aromatic carbocycles. The van der Waals surface area contributed by atoms with Crippen LogP contribution in [0.1, 0.15) is 11.3 Å². The highest BCUT2D eigenvalue weighted by atomic mass is 19.4. The van der Waals surface area contributed by atoms with Gasteiger partial charge in [0, 0.05) is 7.11 Å². The molecule has 0 atom stereocenters. The molecular formula is C10H12F3N3O2. The van der Waals surface area contributed by atoms with Crippen molar-refractivity contribution in [2.75, 3.05) is 20.3 Å². The van der Waals surface area contributed by atoms with Gasteiger partial charge in [0.2, 0.25) is 5.88 Å². The fourth-order valence-electron chi connectivity index (χ4n) is 1.14. The summed E-state index contributed by atoms with van der Waals surface area (Å²) in [5, 5.41) is 7.23. The summed E-state index contributed by atoms with van der Waals surface area (Å²) >= 11 is 0. The van der Waals surface area contributed by atoms with Gasteiger partial charge in [0.15, 0.2) is 0 Å². The van der Waals surface area contributed by atoms with Gasteiger partial charge in [-0.25, -0.2) is 4.98 Å². The molecule has 0 aliphatic rings.